The van der Waals surface area contributed by atoms with Crippen LogP contribution in [0.3, 0.4) is 0 Å². The molecule has 0 fully saturated rings. The maximum Gasteiger partial charge on any atom is 0.416 e. The van der Waals surface area contributed by atoms with Gasteiger partial charge in [0, 0.05) is 23.4 Å². The summed E-state index contributed by atoms with van der Waals surface area (Å²) in [6, 6.07) is 7.44. The fourth-order valence-corrected chi connectivity index (χ4v) is 2.79. The summed E-state index contributed by atoms with van der Waals surface area (Å²) in [5.74, 6) is 0.177. The van der Waals surface area contributed by atoms with Crippen LogP contribution in [0.15, 0.2) is 47.2 Å². The molecule has 7 nitrogen and oxygen atoms in total. The van der Waals surface area contributed by atoms with Crippen molar-refractivity contribution in [2.75, 3.05) is 26.6 Å². The summed E-state index contributed by atoms with van der Waals surface area (Å²) >= 11 is 0. The molecule has 0 saturated heterocycles. The highest BCUT2D eigenvalue weighted by molar-refractivity contribution is 6.06. The summed E-state index contributed by atoms with van der Waals surface area (Å²) in [7, 11) is 4.29. The number of nitrogens with one attached hydrogen (secondary N) is 1. The summed E-state index contributed by atoms with van der Waals surface area (Å²) in [5.41, 5.74) is -0.680. The Morgan fingerprint density at radius 1 is 1.03 bits per heavy atom. The summed E-state index contributed by atoms with van der Waals surface area (Å²) in [6.07, 6.45) is -3.55. The lowest BCUT2D eigenvalue weighted by molar-refractivity contribution is -0.137. The molecule has 0 radical (unpaired) electrons. The zero-order chi connectivity index (χ0) is 21.9. The normalized spacial score (nSPS) is 11.1. The number of nitrogens with zero attached hydrogens (tertiary/aromatic N) is 1. The average Bonchev–Trinajstić information content (AvgIpc) is 3.22. The van der Waals surface area contributed by atoms with E-state index in [2.05, 4.69) is 10.3 Å². The first-order chi connectivity index (χ1) is 14.3. The van der Waals surface area contributed by atoms with Gasteiger partial charge in [0.25, 0.3) is 5.91 Å². The second kappa shape index (κ2) is 8.36. The molecule has 0 aliphatic carbocycles. The lowest BCUT2D eigenvalue weighted by Crippen LogP contribution is -2.14. The van der Waals surface area contributed by atoms with E-state index in [9.17, 15) is 18.0 Å². The van der Waals surface area contributed by atoms with Crippen LogP contribution >= 0.6 is 0 Å². The molecule has 0 spiro atoms. The summed E-state index contributed by atoms with van der Waals surface area (Å²) in [6.45, 7) is 0. The minimum atomic E-state index is -4.53. The third-order valence-corrected chi connectivity index (χ3v) is 4.16. The van der Waals surface area contributed by atoms with Crippen molar-refractivity contribution in [2.24, 2.45) is 0 Å². The lowest BCUT2D eigenvalue weighted by Gasteiger charge is -2.14. The number of carbonyl (C=O) groups excluding carboxylic acids is 1. The van der Waals surface area contributed by atoms with Crippen LogP contribution in [0.4, 0.5) is 18.9 Å². The zero-order valence-corrected chi connectivity index (χ0v) is 16.2. The minimum Gasteiger partial charge on any atom is -0.493 e. The predicted octanol–water partition coefficient (Wildman–Crippen LogP) is 4.64. The van der Waals surface area contributed by atoms with E-state index in [-0.39, 0.29) is 17.0 Å². The van der Waals surface area contributed by atoms with Gasteiger partial charge in [0.05, 0.1) is 26.9 Å². The van der Waals surface area contributed by atoms with E-state index >= 15 is 0 Å². The van der Waals surface area contributed by atoms with Crippen molar-refractivity contribution in [3.8, 4) is 28.6 Å². The quantitative estimate of drug-likeness (QED) is 0.623. The molecule has 10 heteroatoms. The Morgan fingerprint density at radius 3 is 2.27 bits per heavy atom. The van der Waals surface area contributed by atoms with E-state index in [0.29, 0.717) is 22.9 Å². The summed E-state index contributed by atoms with van der Waals surface area (Å²) < 4.78 is 59.9. The van der Waals surface area contributed by atoms with Crippen molar-refractivity contribution in [1.82, 2.24) is 4.98 Å². The topological polar surface area (TPSA) is 82.8 Å². The van der Waals surface area contributed by atoms with Crippen molar-refractivity contribution in [3.05, 3.63) is 54.0 Å². The summed E-state index contributed by atoms with van der Waals surface area (Å²) in [4.78, 5) is 16.6. The molecule has 3 aromatic rings. The molecule has 0 atom stereocenters. The maximum absolute atomic E-state index is 13.0. The maximum atomic E-state index is 13.0. The van der Waals surface area contributed by atoms with Crippen molar-refractivity contribution in [2.45, 2.75) is 6.18 Å². The van der Waals surface area contributed by atoms with Crippen molar-refractivity contribution in [1.29, 1.82) is 0 Å². The smallest absolute Gasteiger partial charge is 0.416 e. The van der Waals surface area contributed by atoms with Gasteiger partial charge in [-0.05, 0) is 12.1 Å². The highest BCUT2D eigenvalue weighted by Gasteiger charge is 2.31. The SMILES string of the molecule is COc1cc(NC(=O)c2ncoc2-c2cccc(C(F)(F)F)c2)cc(OC)c1OC. The molecule has 1 heterocycles. The lowest BCUT2D eigenvalue weighted by atomic mass is 10.1. The van der Waals surface area contributed by atoms with Gasteiger partial charge in [-0.3, -0.25) is 4.79 Å². The van der Waals surface area contributed by atoms with E-state index in [1.807, 2.05) is 0 Å². The first kappa shape index (κ1) is 21.0. The highest BCUT2D eigenvalue weighted by Crippen LogP contribution is 2.40. The van der Waals surface area contributed by atoms with Gasteiger partial charge in [-0.1, -0.05) is 12.1 Å². The van der Waals surface area contributed by atoms with Crippen LogP contribution in [0.5, 0.6) is 17.2 Å². The molecule has 30 heavy (non-hydrogen) atoms. The number of benzene rings is 2. The zero-order valence-electron chi connectivity index (χ0n) is 16.2. The second-order valence-electron chi connectivity index (χ2n) is 5.98. The number of anilines is 1. The summed E-state index contributed by atoms with van der Waals surface area (Å²) in [5, 5.41) is 2.60. The van der Waals surface area contributed by atoms with Crippen LogP contribution in [0.2, 0.25) is 0 Å². The van der Waals surface area contributed by atoms with Crippen LogP contribution in [0.25, 0.3) is 11.3 Å². The number of halogens is 3. The molecule has 1 amide bonds. The van der Waals surface area contributed by atoms with E-state index in [1.54, 1.807) is 0 Å². The van der Waals surface area contributed by atoms with Gasteiger partial charge in [-0.2, -0.15) is 13.2 Å². The van der Waals surface area contributed by atoms with Crippen LogP contribution in [0.1, 0.15) is 16.1 Å². The average molecular weight is 422 g/mol. The third kappa shape index (κ3) is 4.17. The number of ether oxygens (including phenoxy) is 3. The number of hydrogen-bond acceptors (Lipinski definition) is 6. The van der Waals surface area contributed by atoms with Gasteiger partial charge >= 0.3 is 6.18 Å². The van der Waals surface area contributed by atoms with Crippen LogP contribution in [-0.4, -0.2) is 32.2 Å². The van der Waals surface area contributed by atoms with Crippen molar-refractivity contribution < 1.29 is 36.6 Å². The van der Waals surface area contributed by atoms with Crippen molar-refractivity contribution in [3.63, 3.8) is 0 Å². The molecule has 3 rings (SSSR count). The minimum absolute atomic E-state index is 0.0670. The predicted molar refractivity (Wildman–Crippen MR) is 101 cm³/mol. The molecular formula is C20H17F3N2O5. The fraction of sp³-hybridized carbons (Fsp3) is 0.200. The number of carbonyl (C=O) groups is 1. The standard InChI is InChI=1S/C20H17F3N2O5/c1-27-14-8-13(9-15(28-2)18(14)29-3)25-19(26)16-17(30-10-24-16)11-5-4-6-12(7-11)20(21,22)23/h4-10H,1-3H3,(H,25,26). The van der Waals surface area contributed by atoms with E-state index in [4.69, 9.17) is 18.6 Å². The Balaban J connectivity index is 1.93. The third-order valence-electron chi connectivity index (χ3n) is 4.16. The number of aromatic nitrogens is 1. The number of rotatable bonds is 6. The monoisotopic (exact) mass is 422 g/mol. The van der Waals surface area contributed by atoms with E-state index < -0.39 is 17.6 Å². The van der Waals surface area contributed by atoms with E-state index in [1.165, 1.54) is 45.6 Å². The van der Waals surface area contributed by atoms with Crippen LogP contribution in [0, 0.1) is 0 Å². The van der Waals surface area contributed by atoms with Crippen LogP contribution < -0.4 is 19.5 Å². The molecule has 0 bridgehead atoms. The van der Waals surface area contributed by atoms with Crippen LogP contribution in [-0.2, 0) is 6.18 Å². The van der Waals surface area contributed by atoms with Gasteiger partial charge < -0.3 is 23.9 Å². The fourth-order valence-electron chi connectivity index (χ4n) is 2.79. The van der Waals surface area contributed by atoms with Gasteiger partial charge in [0.1, 0.15) is 0 Å². The Hall–Kier alpha value is -3.69. The van der Waals surface area contributed by atoms with Gasteiger partial charge in [-0.25, -0.2) is 4.98 Å². The molecule has 1 aromatic heterocycles. The van der Waals surface area contributed by atoms with Gasteiger partial charge in [0.15, 0.2) is 29.3 Å². The number of methoxy groups -OCH3 is 3. The molecule has 0 aliphatic rings. The largest absolute Gasteiger partial charge is 0.493 e. The molecular weight excluding hydrogens is 405 g/mol. The Morgan fingerprint density at radius 2 is 1.70 bits per heavy atom. The first-order valence-corrected chi connectivity index (χ1v) is 8.51. The molecule has 2 aromatic carbocycles. The van der Waals surface area contributed by atoms with Gasteiger partial charge in [-0.15, -0.1) is 0 Å². The molecule has 1 N–H and O–H groups in total. The Kier molecular flexibility index (Phi) is 5.86. The molecule has 0 aliphatic heterocycles. The molecule has 0 unspecified atom stereocenters. The van der Waals surface area contributed by atoms with Gasteiger partial charge in [0.2, 0.25) is 5.75 Å². The highest BCUT2D eigenvalue weighted by atomic mass is 19.4. The number of oxazole rings is 1. The molecule has 0 saturated carbocycles. The number of alkyl halides is 3. The Bertz CT molecular complexity index is 1040. The number of hydrogen-bond donors (Lipinski definition) is 1. The Labute approximate surface area is 169 Å². The number of amides is 1. The van der Waals surface area contributed by atoms with E-state index in [0.717, 1.165) is 18.5 Å². The second-order valence-corrected chi connectivity index (χ2v) is 5.98. The first-order valence-electron chi connectivity index (χ1n) is 8.51. The van der Waals surface area contributed by atoms with Crippen molar-refractivity contribution >= 4 is 11.6 Å². The molecule has 158 valence electrons.